The molecule has 4 nitrogen and oxygen atoms in total. The van der Waals surface area contributed by atoms with Gasteiger partial charge in [0.2, 0.25) is 0 Å². The van der Waals surface area contributed by atoms with E-state index in [1.165, 1.54) is 62.3 Å². The Hall–Kier alpha value is -0.670. The summed E-state index contributed by atoms with van der Waals surface area (Å²) in [7, 11) is -2.02. The van der Waals surface area contributed by atoms with E-state index in [-0.39, 0.29) is 0 Å². The molecule has 0 aliphatic heterocycles. The highest BCUT2D eigenvalue weighted by Crippen LogP contribution is 2.48. The van der Waals surface area contributed by atoms with Gasteiger partial charge in [-0.05, 0) is 62.1 Å². The van der Waals surface area contributed by atoms with Gasteiger partial charge in [-0.25, -0.2) is 4.57 Å². The Kier molecular flexibility index (Phi) is 12.9. The average Bonchev–Trinajstić information content (AvgIpc) is 2.66. The molecule has 27 heavy (non-hydrogen) atoms. The molecule has 0 amide bonds. The molecule has 0 saturated carbocycles. The van der Waals surface area contributed by atoms with Gasteiger partial charge in [-0.15, -0.1) is 0 Å². The van der Waals surface area contributed by atoms with Gasteiger partial charge in [-0.3, -0.25) is 13.6 Å². The van der Waals surface area contributed by atoms with Gasteiger partial charge in [0.25, 0.3) is 0 Å². The molecular weight excluding hydrogens is 359 g/mol. The lowest BCUT2D eigenvalue weighted by Crippen LogP contribution is -2.01. The van der Waals surface area contributed by atoms with Gasteiger partial charge in [-0.1, -0.05) is 57.7 Å². The topological polar surface area (TPSA) is 44.8 Å². The summed E-state index contributed by atoms with van der Waals surface area (Å²) in [5.41, 5.74) is 4.25. The highest BCUT2D eigenvalue weighted by Gasteiger charge is 2.23. The predicted molar refractivity (Wildman–Crippen MR) is 113 cm³/mol. The van der Waals surface area contributed by atoms with Crippen LogP contribution in [0.25, 0.3) is 0 Å². The van der Waals surface area contributed by atoms with E-state index in [1.807, 2.05) is 0 Å². The molecule has 1 unspecified atom stereocenters. The molecule has 0 bridgehead atoms. The van der Waals surface area contributed by atoms with E-state index in [0.29, 0.717) is 13.2 Å². The van der Waals surface area contributed by atoms with E-state index in [1.54, 1.807) is 6.92 Å². The first-order valence-corrected chi connectivity index (χ1v) is 12.1. The van der Waals surface area contributed by atoms with Crippen molar-refractivity contribution in [1.29, 1.82) is 0 Å². The molecule has 1 aromatic carbocycles. The first kappa shape index (κ1) is 24.4. The van der Waals surface area contributed by atoms with E-state index in [9.17, 15) is 4.57 Å². The molecule has 1 aromatic rings. The summed E-state index contributed by atoms with van der Waals surface area (Å²) in [5, 5.41) is 0. The van der Waals surface area contributed by atoms with Crippen molar-refractivity contribution in [2.24, 2.45) is 0 Å². The van der Waals surface area contributed by atoms with Gasteiger partial charge >= 0.3 is 7.82 Å². The summed E-state index contributed by atoms with van der Waals surface area (Å²) in [5.74, 6) is 0. The summed E-state index contributed by atoms with van der Waals surface area (Å²) in [6.45, 7) is 6.95. The van der Waals surface area contributed by atoms with E-state index < -0.39 is 7.82 Å². The van der Waals surface area contributed by atoms with Crippen LogP contribution in [-0.2, 0) is 37.4 Å². The van der Waals surface area contributed by atoms with Crippen molar-refractivity contribution >= 4 is 7.82 Å². The lowest BCUT2D eigenvalue weighted by atomic mass is 9.96. The monoisotopic (exact) mass is 398 g/mol. The third-order valence-electron chi connectivity index (χ3n) is 4.62. The molecule has 0 aromatic heterocycles. The Morgan fingerprint density at radius 1 is 0.741 bits per heavy atom. The molecule has 5 heteroatoms. The molecule has 0 N–H and O–H groups in total. The van der Waals surface area contributed by atoms with Crippen molar-refractivity contribution < 1.29 is 18.1 Å². The first-order valence-electron chi connectivity index (χ1n) is 10.6. The Morgan fingerprint density at radius 2 is 1.22 bits per heavy atom. The van der Waals surface area contributed by atoms with E-state index in [2.05, 4.69) is 32.0 Å². The van der Waals surface area contributed by atoms with Crippen LogP contribution in [0.4, 0.5) is 0 Å². The molecule has 0 aliphatic rings. The lowest BCUT2D eigenvalue weighted by Gasteiger charge is -2.15. The largest absolute Gasteiger partial charge is 0.474 e. The normalized spacial score (nSPS) is 13.6. The third-order valence-corrected chi connectivity index (χ3v) is 6.14. The standard InChI is InChI=1S/C22H39O4P/c1-5-8-10-13-20-17-21(14-11-9-6-2)19-22(18-20)15-12-16-26-27(23,24-4)25-7-3/h17-19H,5-16H2,1-4H3. The highest BCUT2D eigenvalue weighted by molar-refractivity contribution is 7.48. The van der Waals surface area contributed by atoms with Gasteiger partial charge in [0.05, 0.1) is 13.2 Å². The zero-order chi connectivity index (χ0) is 20.0. The molecule has 0 fully saturated rings. The lowest BCUT2D eigenvalue weighted by molar-refractivity contribution is 0.135. The number of rotatable bonds is 16. The Labute approximate surface area is 166 Å². The van der Waals surface area contributed by atoms with Gasteiger partial charge in [0.1, 0.15) is 0 Å². The fraction of sp³-hybridized carbons (Fsp3) is 0.727. The first-order chi connectivity index (χ1) is 13.1. The second-order valence-corrected chi connectivity index (χ2v) is 8.83. The van der Waals surface area contributed by atoms with Crippen molar-refractivity contribution in [1.82, 2.24) is 0 Å². The summed E-state index contributed by atoms with van der Waals surface area (Å²) in [6, 6.07) is 7.05. The van der Waals surface area contributed by atoms with E-state index >= 15 is 0 Å². The van der Waals surface area contributed by atoms with Gasteiger partial charge in [-0.2, -0.15) is 0 Å². The SMILES string of the molecule is CCCCCc1cc(CCCCC)cc(CCCOP(=O)(OC)OCC)c1. The number of phosphoric acid groups is 1. The Balaban J connectivity index is 2.63. The van der Waals surface area contributed by atoms with Gasteiger partial charge < -0.3 is 0 Å². The second-order valence-electron chi connectivity index (χ2n) is 7.06. The number of aryl methyl sites for hydroxylation is 3. The van der Waals surface area contributed by atoms with Crippen molar-refractivity contribution in [3.8, 4) is 0 Å². The number of phosphoric ester groups is 1. The minimum Gasteiger partial charge on any atom is -0.290 e. The zero-order valence-corrected chi connectivity index (χ0v) is 18.7. The zero-order valence-electron chi connectivity index (χ0n) is 17.8. The molecule has 0 radical (unpaired) electrons. The molecule has 0 aliphatic carbocycles. The van der Waals surface area contributed by atoms with Crippen molar-refractivity contribution in [2.45, 2.75) is 85.0 Å². The van der Waals surface area contributed by atoms with Crippen LogP contribution < -0.4 is 0 Å². The summed E-state index contributed by atoms with van der Waals surface area (Å²) in [6.07, 6.45) is 11.6. The molecule has 0 heterocycles. The molecule has 156 valence electrons. The average molecular weight is 399 g/mol. The Morgan fingerprint density at radius 3 is 1.63 bits per heavy atom. The second kappa shape index (κ2) is 14.3. The van der Waals surface area contributed by atoms with Crippen molar-refractivity contribution in [2.75, 3.05) is 20.3 Å². The minimum atomic E-state index is -3.38. The number of hydrogen-bond acceptors (Lipinski definition) is 4. The smallest absolute Gasteiger partial charge is 0.290 e. The molecule has 0 spiro atoms. The van der Waals surface area contributed by atoms with Crippen LogP contribution >= 0.6 is 7.82 Å². The fourth-order valence-corrected chi connectivity index (χ4v) is 4.14. The Bertz CT molecular complexity index is 531. The van der Waals surface area contributed by atoms with Gasteiger partial charge in [0.15, 0.2) is 0 Å². The fourth-order valence-electron chi connectivity index (χ4n) is 3.18. The molecule has 1 atom stereocenters. The van der Waals surface area contributed by atoms with Crippen molar-refractivity contribution in [3.63, 3.8) is 0 Å². The van der Waals surface area contributed by atoms with Crippen LogP contribution in [0.2, 0.25) is 0 Å². The molecule has 0 saturated heterocycles. The maximum absolute atomic E-state index is 12.1. The van der Waals surface area contributed by atoms with Crippen LogP contribution in [0.1, 0.15) is 82.4 Å². The van der Waals surface area contributed by atoms with Gasteiger partial charge in [0, 0.05) is 7.11 Å². The molecule has 1 rings (SSSR count). The van der Waals surface area contributed by atoms with Crippen molar-refractivity contribution in [3.05, 3.63) is 34.9 Å². The van der Waals surface area contributed by atoms with E-state index in [4.69, 9.17) is 13.6 Å². The van der Waals surface area contributed by atoms with Crippen LogP contribution in [0.5, 0.6) is 0 Å². The maximum Gasteiger partial charge on any atom is 0.474 e. The summed E-state index contributed by atoms with van der Waals surface area (Å²) >= 11 is 0. The number of benzene rings is 1. The minimum absolute atomic E-state index is 0.312. The van der Waals surface area contributed by atoms with Crippen LogP contribution in [0.3, 0.4) is 0 Å². The third kappa shape index (κ3) is 10.4. The van der Waals surface area contributed by atoms with E-state index in [0.717, 1.165) is 25.7 Å². The predicted octanol–water partition coefficient (Wildman–Crippen LogP) is 6.89. The quantitative estimate of drug-likeness (QED) is 0.225. The van der Waals surface area contributed by atoms with Crippen LogP contribution in [0.15, 0.2) is 18.2 Å². The number of unbranched alkanes of at least 4 members (excludes halogenated alkanes) is 4. The maximum atomic E-state index is 12.1. The van der Waals surface area contributed by atoms with Crippen LogP contribution in [0, 0.1) is 0 Å². The number of hydrogen-bond donors (Lipinski definition) is 0. The highest BCUT2D eigenvalue weighted by atomic mass is 31.2. The van der Waals surface area contributed by atoms with Crippen LogP contribution in [-0.4, -0.2) is 20.3 Å². The summed E-state index contributed by atoms with van der Waals surface area (Å²) < 4.78 is 27.5. The summed E-state index contributed by atoms with van der Waals surface area (Å²) in [4.78, 5) is 0. The molecular formula is C22H39O4P.